The van der Waals surface area contributed by atoms with Crippen molar-refractivity contribution in [3.05, 3.63) is 12.2 Å². The van der Waals surface area contributed by atoms with Crippen molar-refractivity contribution >= 4 is 28.7 Å². The highest BCUT2D eigenvalue weighted by atomic mass is 35.5. The van der Waals surface area contributed by atoms with E-state index in [-0.39, 0.29) is 0 Å². The number of ether oxygens (including phenoxy) is 2. The Bertz CT molecular complexity index is 641. The minimum absolute atomic E-state index is 0.337. The second kappa shape index (κ2) is 5.62. The van der Waals surface area contributed by atoms with Gasteiger partial charge in [0.05, 0.1) is 19.6 Å². The number of hydrogen-bond acceptors (Lipinski definition) is 6. The van der Waals surface area contributed by atoms with Crippen molar-refractivity contribution in [3.63, 3.8) is 0 Å². The van der Waals surface area contributed by atoms with Gasteiger partial charge in [-0.3, -0.25) is 4.57 Å². The summed E-state index contributed by atoms with van der Waals surface area (Å²) in [5.74, 6) is 0.447. The Morgan fingerprint density at radius 1 is 1.35 bits per heavy atom. The maximum Gasteiger partial charge on any atom is 0.328 e. The zero-order chi connectivity index (χ0) is 14.9. The number of carbonyl (C=O) groups is 1. The van der Waals surface area contributed by atoms with Gasteiger partial charge in [-0.15, -0.1) is 11.6 Å². The first-order valence-corrected chi connectivity index (χ1v) is 6.43. The highest BCUT2D eigenvalue weighted by Crippen LogP contribution is 2.30. The van der Waals surface area contributed by atoms with Crippen LogP contribution in [0.1, 0.15) is 31.1 Å². The number of fused-ring (bicyclic) bond motifs is 1. The van der Waals surface area contributed by atoms with Gasteiger partial charge in [-0.2, -0.15) is 4.98 Å². The van der Waals surface area contributed by atoms with Crippen LogP contribution in [0.25, 0.3) is 11.2 Å². The van der Waals surface area contributed by atoms with Gasteiger partial charge in [0.15, 0.2) is 11.2 Å². The molecule has 0 saturated carbocycles. The average Bonchev–Trinajstić information content (AvgIpc) is 2.84. The van der Waals surface area contributed by atoms with Crippen LogP contribution in [0, 0.1) is 0 Å². The van der Waals surface area contributed by atoms with Gasteiger partial charge in [0.1, 0.15) is 18.2 Å². The second-order valence-electron chi connectivity index (χ2n) is 4.21. The zero-order valence-electron chi connectivity index (χ0n) is 11.6. The second-order valence-corrected chi connectivity index (χ2v) is 4.86. The van der Waals surface area contributed by atoms with Gasteiger partial charge >= 0.3 is 5.97 Å². The van der Waals surface area contributed by atoms with E-state index in [1.54, 1.807) is 18.4 Å². The van der Waals surface area contributed by atoms with Crippen molar-refractivity contribution in [3.8, 4) is 5.88 Å². The van der Waals surface area contributed by atoms with E-state index >= 15 is 0 Å². The number of esters is 1. The van der Waals surface area contributed by atoms with Crippen LogP contribution in [0.15, 0.2) is 6.33 Å². The summed E-state index contributed by atoms with van der Waals surface area (Å²) in [6.45, 7) is 3.47. The lowest BCUT2D eigenvalue weighted by Gasteiger charge is -2.15. The van der Waals surface area contributed by atoms with Crippen molar-refractivity contribution < 1.29 is 14.3 Å². The van der Waals surface area contributed by atoms with Crippen LogP contribution in [0.5, 0.6) is 5.88 Å². The summed E-state index contributed by atoms with van der Waals surface area (Å²) >= 11 is 6.14. The van der Waals surface area contributed by atoms with Crippen LogP contribution in [-0.2, 0) is 9.53 Å². The number of hydrogen-bond donors (Lipinski definition) is 0. The molecule has 0 aliphatic heterocycles. The molecule has 108 valence electrons. The standard InChI is InChI=1S/C12H15ClN4O3/c1-6(13)9-16-8-10(14-5-15-11(8)19-3)17(9)7(2)12(18)20-4/h5-7H,1-4H3. The number of aromatic nitrogens is 4. The lowest BCUT2D eigenvalue weighted by atomic mass is 10.3. The summed E-state index contributed by atoms with van der Waals surface area (Å²) in [6, 6.07) is -0.596. The lowest BCUT2D eigenvalue weighted by molar-refractivity contribution is -0.144. The van der Waals surface area contributed by atoms with Crippen molar-refractivity contribution in [2.75, 3.05) is 14.2 Å². The summed E-state index contributed by atoms with van der Waals surface area (Å²) in [5, 5.41) is -0.402. The molecule has 0 aromatic carbocycles. The molecule has 2 heterocycles. The first-order chi connectivity index (χ1) is 9.51. The molecule has 2 aromatic heterocycles. The van der Waals surface area contributed by atoms with E-state index in [9.17, 15) is 4.79 Å². The van der Waals surface area contributed by atoms with Crippen molar-refractivity contribution in [1.29, 1.82) is 0 Å². The molecule has 0 fully saturated rings. The summed E-state index contributed by atoms with van der Waals surface area (Å²) in [7, 11) is 2.83. The van der Waals surface area contributed by atoms with E-state index in [0.29, 0.717) is 22.9 Å². The van der Waals surface area contributed by atoms with Gasteiger partial charge < -0.3 is 9.47 Å². The maximum atomic E-state index is 11.8. The molecule has 20 heavy (non-hydrogen) atoms. The fourth-order valence-electron chi connectivity index (χ4n) is 1.99. The summed E-state index contributed by atoms with van der Waals surface area (Å²) in [6.07, 6.45) is 1.35. The molecule has 0 aliphatic carbocycles. The fraction of sp³-hybridized carbons (Fsp3) is 0.500. The number of carbonyl (C=O) groups excluding carboxylic acids is 1. The minimum atomic E-state index is -0.596. The molecule has 0 aliphatic rings. The Kier molecular flexibility index (Phi) is 4.08. The lowest BCUT2D eigenvalue weighted by Crippen LogP contribution is -2.20. The molecule has 2 unspecified atom stereocenters. The third kappa shape index (κ3) is 2.29. The molecule has 0 amide bonds. The van der Waals surface area contributed by atoms with Gasteiger partial charge in [-0.1, -0.05) is 0 Å². The molecule has 7 nitrogen and oxygen atoms in total. The van der Waals surface area contributed by atoms with E-state index in [0.717, 1.165) is 0 Å². The van der Waals surface area contributed by atoms with Crippen molar-refractivity contribution in [2.45, 2.75) is 25.3 Å². The Labute approximate surface area is 120 Å². The van der Waals surface area contributed by atoms with Gasteiger partial charge in [0.2, 0.25) is 5.88 Å². The molecule has 0 spiro atoms. The molecule has 0 bridgehead atoms. The number of nitrogens with zero attached hydrogens (tertiary/aromatic N) is 4. The number of halogens is 1. The van der Waals surface area contributed by atoms with Crippen LogP contribution < -0.4 is 4.74 Å². The molecular weight excluding hydrogens is 284 g/mol. The van der Waals surface area contributed by atoms with E-state index in [2.05, 4.69) is 15.0 Å². The average molecular weight is 299 g/mol. The summed E-state index contributed by atoms with van der Waals surface area (Å²) in [4.78, 5) is 24.4. The molecule has 0 radical (unpaired) electrons. The van der Waals surface area contributed by atoms with Gasteiger partial charge in [0, 0.05) is 0 Å². The largest absolute Gasteiger partial charge is 0.479 e. The Hall–Kier alpha value is -1.89. The fourth-order valence-corrected chi connectivity index (χ4v) is 2.15. The Morgan fingerprint density at radius 2 is 2.05 bits per heavy atom. The van der Waals surface area contributed by atoms with E-state index < -0.39 is 17.4 Å². The highest BCUT2D eigenvalue weighted by Gasteiger charge is 2.26. The summed E-state index contributed by atoms with van der Waals surface area (Å²) in [5.41, 5.74) is 0.950. The zero-order valence-corrected chi connectivity index (χ0v) is 12.4. The van der Waals surface area contributed by atoms with Gasteiger partial charge in [-0.05, 0) is 13.8 Å². The number of methoxy groups -OCH3 is 2. The number of rotatable bonds is 4. The third-order valence-electron chi connectivity index (χ3n) is 2.95. The van der Waals surface area contributed by atoms with Crippen LogP contribution >= 0.6 is 11.6 Å². The van der Waals surface area contributed by atoms with Gasteiger partial charge in [0.25, 0.3) is 0 Å². The number of alkyl halides is 1. The van der Waals surface area contributed by atoms with E-state index in [1.807, 2.05) is 0 Å². The SMILES string of the molecule is COC(=O)C(C)n1c(C(C)Cl)nc2c(OC)ncnc21. The predicted octanol–water partition coefficient (Wildman–Crippen LogP) is 1.87. The molecule has 2 aromatic rings. The van der Waals surface area contributed by atoms with Gasteiger partial charge in [-0.25, -0.2) is 14.8 Å². The maximum absolute atomic E-state index is 11.8. The molecule has 0 N–H and O–H groups in total. The third-order valence-corrected chi connectivity index (χ3v) is 3.14. The molecular formula is C12H15ClN4O3. The van der Waals surface area contributed by atoms with Crippen LogP contribution in [-0.4, -0.2) is 39.7 Å². The van der Waals surface area contributed by atoms with Crippen LogP contribution in [0.3, 0.4) is 0 Å². The molecule has 2 rings (SSSR count). The van der Waals surface area contributed by atoms with Crippen LogP contribution in [0.2, 0.25) is 0 Å². The predicted molar refractivity (Wildman–Crippen MR) is 72.9 cm³/mol. The smallest absolute Gasteiger partial charge is 0.328 e. The molecule has 0 saturated heterocycles. The first kappa shape index (κ1) is 14.5. The molecule has 2 atom stereocenters. The molecule has 8 heteroatoms. The monoisotopic (exact) mass is 298 g/mol. The Balaban J connectivity index is 2.73. The first-order valence-electron chi connectivity index (χ1n) is 6.00. The Morgan fingerprint density at radius 3 is 2.60 bits per heavy atom. The van der Waals surface area contributed by atoms with E-state index in [4.69, 9.17) is 21.1 Å². The summed E-state index contributed by atoms with van der Waals surface area (Å²) < 4.78 is 11.6. The topological polar surface area (TPSA) is 79.1 Å². The quantitative estimate of drug-likeness (QED) is 0.633. The normalized spacial score (nSPS) is 14.1. The highest BCUT2D eigenvalue weighted by molar-refractivity contribution is 6.20. The van der Waals surface area contributed by atoms with Crippen molar-refractivity contribution in [1.82, 2.24) is 19.5 Å². The van der Waals surface area contributed by atoms with Crippen LogP contribution in [0.4, 0.5) is 0 Å². The number of imidazole rings is 1. The van der Waals surface area contributed by atoms with Crippen molar-refractivity contribution in [2.24, 2.45) is 0 Å². The van der Waals surface area contributed by atoms with E-state index in [1.165, 1.54) is 20.5 Å². The minimum Gasteiger partial charge on any atom is -0.479 e.